The predicted octanol–water partition coefficient (Wildman–Crippen LogP) is 3.71. The SMILES string of the molecule is Nc1ccc(F)c(F)c1Nc1cc(F)c(F)c(F)c1. The van der Waals surface area contributed by atoms with E-state index in [0.29, 0.717) is 12.1 Å². The van der Waals surface area contributed by atoms with Gasteiger partial charge in [-0.15, -0.1) is 0 Å². The van der Waals surface area contributed by atoms with E-state index in [9.17, 15) is 22.0 Å². The topological polar surface area (TPSA) is 38.0 Å². The maximum absolute atomic E-state index is 13.4. The summed E-state index contributed by atoms with van der Waals surface area (Å²) in [6, 6.07) is 3.09. The molecule has 0 aliphatic heterocycles. The number of nitrogens with one attached hydrogen (secondary N) is 1. The standard InChI is InChI=1S/C12H7F5N2/c13-6-1-2-9(18)12(11(6)17)19-5-3-7(14)10(16)8(15)4-5/h1-4,19H,18H2. The van der Waals surface area contributed by atoms with Crippen LogP contribution in [0.1, 0.15) is 0 Å². The van der Waals surface area contributed by atoms with Gasteiger partial charge in [-0.1, -0.05) is 0 Å². The molecule has 3 N–H and O–H groups in total. The van der Waals surface area contributed by atoms with Gasteiger partial charge in [0.05, 0.1) is 5.69 Å². The van der Waals surface area contributed by atoms with E-state index in [4.69, 9.17) is 5.73 Å². The van der Waals surface area contributed by atoms with Gasteiger partial charge in [0.1, 0.15) is 5.69 Å². The Balaban J connectivity index is 2.45. The predicted molar refractivity (Wildman–Crippen MR) is 60.4 cm³/mol. The highest BCUT2D eigenvalue weighted by Crippen LogP contribution is 2.29. The Morgan fingerprint density at radius 1 is 0.789 bits per heavy atom. The Bertz CT molecular complexity index is 619. The molecule has 2 aromatic carbocycles. The minimum atomic E-state index is -1.65. The first-order chi connectivity index (χ1) is 8.90. The van der Waals surface area contributed by atoms with Crippen LogP contribution in [0.3, 0.4) is 0 Å². The largest absolute Gasteiger partial charge is 0.397 e. The molecule has 0 aromatic heterocycles. The van der Waals surface area contributed by atoms with E-state index >= 15 is 0 Å². The number of anilines is 3. The Morgan fingerprint density at radius 2 is 1.37 bits per heavy atom. The monoisotopic (exact) mass is 274 g/mol. The number of hydrogen-bond acceptors (Lipinski definition) is 2. The van der Waals surface area contributed by atoms with Crippen LogP contribution in [0, 0.1) is 29.1 Å². The van der Waals surface area contributed by atoms with Crippen molar-refractivity contribution in [3.63, 3.8) is 0 Å². The van der Waals surface area contributed by atoms with E-state index in [1.807, 2.05) is 0 Å². The molecule has 100 valence electrons. The average molecular weight is 274 g/mol. The molecule has 0 saturated carbocycles. The van der Waals surface area contributed by atoms with Gasteiger partial charge in [0.25, 0.3) is 0 Å². The number of hydrogen-bond donors (Lipinski definition) is 2. The van der Waals surface area contributed by atoms with Crippen LogP contribution < -0.4 is 11.1 Å². The lowest BCUT2D eigenvalue weighted by molar-refractivity contribution is 0.448. The molecule has 0 heterocycles. The number of nitrogens with two attached hydrogens (primary N) is 1. The summed E-state index contributed by atoms with van der Waals surface area (Å²) in [5, 5.41) is 2.20. The molecule has 2 nitrogen and oxygen atoms in total. The fourth-order valence-corrected chi connectivity index (χ4v) is 1.46. The van der Waals surface area contributed by atoms with Crippen LogP contribution in [-0.2, 0) is 0 Å². The second kappa shape index (κ2) is 4.75. The Morgan fingerprint density at radius 3 is 1.95 bits per heavy atom. The zero-order chi connectivity index (χ0) is 14.2. The van der Waals surface area contributed by atoms with Gasteiger partial charge in [-0.25, -0.2) is 22.0 Å². The number of benzene rings is 2. The first-order valence-electron chi connectivity index (χ1n) is 5.05. The zero-order valence-corrected chi connectivity index (χ0v) is 9.28. The molecule has 19 heavy (non-hydrogen) atoms. The molecule has 2 aromatic rings. The maximum Gasteiger partial charge on any atom is 0.194 e. The molecular formula is C12H7F5N2. The van der Waals surface area contributed by atoms with Gasteiger partial charge in [0, 0.05) is 17.8 Å². The summed E-state index contributed by atoms with van der Waals surface area (Å²) >= 11 is 0. The highest BCUT2D eigenvalue weighted by Gasteiger charge is 2.15. The molecule has 0 saturated heterocycles. The quantitative estimate of drug-likeness (QED) is 0.497. The van der Waals surface area contributed by atoms with E-state index in [0.717, 1.165) is 12.1 Å². The average Bonchev–Trinajstić information content (AvgIpc) is 2.36. The molecule has 7 heteroatoms. The van der Waals surface area contributed by atoms with Crippen LogP contribution in [0.4, 0.5) is 39.0 Å². The third-order valence-electron chi connectivity index (χ3n) is 2.38. The Kier molecular flexibility index (Phi) is 3.28. The highest BCUT2D eigenvalue weighted by molar-refractivity contribution is 5.73. The highest BCUT2D eigenvalue weighted by atomic mass is 19.2. The van der Waals surface area contributed by atoms with Gasteiger partial charge in [-0.05, 0) is 12.1 Å². The number of nitrogen functional groups attached to an aromatic ring is 1. The van der Waals surface area contributed by atoms with Crippen LogP contribution in [0.5, 0.6) is 0 Å². The van der Waals surface area contributed by atoms with Crippen molar-refractivity contribution in [3.8, 4) is 0 Å². The third kappa shape index (κ3) is 2.44. The van der Waals surface area contributed by atoms with Gasteiger partial charge < -0.3 is 11.1 Å². The van der Waals surface area contributed by atoms with Gasteiger partial charge in [-0.2, -0.15) is 0 Å². The first-order valence-corrected chi connectivity index (χ1v) is 5.05. The van der Waals surface area contributed by atoms with Crippen LogP contribution in [0.15, 0.2) is 24.3 Å². The van der Waals surface area contributed by atoms with Crippen LogP contribution in [-0.4, -0.2) is 0 Å². The summed E-state index contributed by atoms with van der Waals surface area (Å²) in [5.74, 6) is -7.06. The van der Waals surface area contributed by atoms with Gasteiger partial charge in [0.2, 0.25) is 0 Å². The maximum atomic E-state index is 13.4. The molecule has 0 amide bonds. The molecule has 0 unspecified atom stereocenters. The molecule has 0 aliphatic carbocycles. The van der Waals surface area contributed by atoms with E-state index in [2.05, 4.69) is 5.32 Å². The molecular weight excluding hydrogens is 267 g/mol. The Labute approximate surface area is 104 Å². The minimum absolute atomic E-state index is 0.163. The molecule has 2 rings (SSSR count). The molecule has 0 atom stereocenters. The summed E-state index contributed by atoms with van der Waals surface area (Å²) in [4.78, 5) is 0. The molecule has 0 radical (unpaired) electrons. The minimum Gasteiger partial charge on any atom is -0.397 e. The fraction of sp³-hybridized carbons (Fsp3) is 0. The second-order valence-electron chi connectivity index (χ2n) is 3.70. The number of rotatable bonds is 2. The van der Waals surface area contributed by atoms with Gasteiger partial charge in [-0.3, -0.25) is 0 Å². The fourth-order valence-electron chi connectivity index (χ4n) is 1.46. The summed E-state index contributed by atoms with van der Waals surface area (Å²) in [6.45, 7) is 0. The number of halogens is 5. The summed E-state index contributed by atoms with van der Waals surface area (Å²) in [6.07, 6.45) is 0. The van der Waals surface area contributed by atoms with Gasteiger partial charge in [0.15, 0.2) is 29.1 Å². The molecule has 0 fully saturated rings. The van der Waals surface area contributed by atoms with Crippen LogP contribution >= 0.6 is 0 Å². The normalized spacial score (nSPS) is 10.6. The van der Waals surface area contributed by atoms with Crippen molar-refractivity contribution < 1.29 is 22.0 Å². The lowest BCUT2D eigenvalue weighted by Crippen LogP contribution is -2.03. The smallest absolute Gasteiger partial charge is 0.194 e. The molecule has 0 spiro atoms. The van der Waals surface area contributed by atoms with Gasteiger partial charge >= 0.3 is 0 Å². The molecule has 0 bridgehead atoms. The summed E-state index contributed by atoms with van der Waals surface area (Å²) in [5.41, 5.74) is 4.47. The Hall–Kier alpha value is -2.31. The van der Waals surface area contributed by atoms with Crippen molar-refractivity contribution in [1.29, 1.82) is 0 Å². The van der Waals surface area contributed by atoms with Crippen LogP contribution in [0.25, 0.3) is 0 Å². The van der Waals surface area contributed by atoms with Crippen molar-refractivity contribution in [1.82, 2.24) is 0 Å². The van der Waals surface area contributed by atoms with Crippen molar-refractivity contribution in [2.75, 3.05) is 11.1 Å². The molecule has 0 aliphatic rings. The van der Waals surface area contributed by atoms with E-state index in [1.165, 1.54) is 0 Å². The summed E-state index contributed by atoms with van der Waals surface area (Å²) < 4.78 is 65.1. The van der Waals surface area contributed by atoms with Crippen molar-refractivity contribution in [2.24, 2.45) is 0 Å². The van der Waals surface area contributed by atoms with E-state index in [-0.39, 0.29) is 11.4 Å². The second-order valence-corrected chi connectivity index (χ2v) is 3.70. The lowest BCUT2D eigenvalue weighted by atomic mass is 10.2. The zero-order valence-electron chi connectivity index (χ0n) is 9.28. The first kappa shape index (κ1) is 13.1. The summed E-state index contributed by atoms with van der Waals surface area (Å²) in [7, 11) is 0. The van der Waals surface area contributed by atoms with E-state index in [1.54, 1.807) is 0 Å². The van der Waals surface area contributed by atoms with Crippen molar-refractivity contribution >= 4 is 17.1 Å². The van der Waals surface area contributed by atoms with E-state index < -0.39 is 34.8 Å². The van der Waals surface area contributed by atoms with Crippen molar-refractivity contribution in [3.05, 3.63) is 53.4 Å². The van der Waals surface area contributed by atoms with Crippen molar-refractivity contribution in [2.45, 2.75) is 0 Å². The lowest BCUT2D eigenvalue weighted by Gasteiger charge is -2.11. The third-order valence-corrected chi connectivity index (χ3v) is 2.38. The van der Waals surface area contributed by atoms with Crippen LogP contribution in [0.2, 0.25) is 0 Å².